The minimum atomic E-state index is 0.487. The number of benzene rings is 1. The van der Waals surface area contributed by atoms with Gasteiger partial charge >= 0.3 is 0 Å². The third-order valence-electron chi connectivity index (χ3n) is 3.00. The van der Waals surface area contributed by atoms with E-state index in [0.29, 0.717) is 22.4 Å². The zero-order valence-corrected chi connectivity index (χ0v) is 11.2. The van der Waals surface area contributed by atoms with E-state index in [1.807, 2.05) is 25.1 Å². The van der Waals surface area contributed by atoms with E-state index < -0.39 is 0 Å². The Balaban J connectivity index is 2.25. The molecule has 0 unspecified atom stereocenters. The topological polar surface area (TPSA) is 35.2 Å². The third kappa shape index (κ3) is 2.95. The third-order valence-corrected chi connectivity index (χ3v) is 3.71. The van der Waals surface area contributed by atoms with Crippen molar-refractivity contribution in [2.45, 2.75) is 26.2 Å². The van der Waals surface area contributed by atoms with Crippen LogP contribution in [0.1, 0.15) is 25.3 Å². The van der Waals surface area contributed by atoms with E-state index in [-0.39, 0.29) is 0 Å². The molecule has 2 rings (SSSR count). The van der Waals surface area contributed by atoms with Gasteiger partial charge in [0.05, 0.1) is 0 Å². The quantitative estimate of drug-likeness (QED) is 0.661. The van der Waals surface area contributed by atoms with E-state index in [1.54, 1.807) is 0 Å². The Morgan fingerprint density at radius 2 is 1.94 bits per heavy atom. The fourth-order valence-corrected chi connectivity index (χ4v) is 2.48. The van der Waals surface area contributed by atoms with Crippen LogP contribution in [0, 0.1) is 5.92 Å². The molecule has 0 amide bonds. The second-order valence-electron chi connectivity index (χ2n) is 4.41. The van der Waals surface area contributed by atoms with Crippen LogP contribution < -0.4 is 5.90 Å². The Morgan fingerprint density at radius 1 is 1.35 bits per heavy atom. The van der Waals surface area contributed by atoms with Crippen LogP contribution in [0.3, 0.4) is 0 Å². The average Bonchev–Trinajstić information content (AvgIpc) is 3.09. The Bertz CT molecular complexity index is 432. The molecule has 0 bridgehead atoms. The summed E-state index contributed by atoms with van der Waals surface area (Å²) in [5, 5.41) is 1.37. The van der Waals surface area contributed by atoms with Crippen molar-refractivity contribution in [1.82, 2.24) is 0 Å². The summed E-state index contributed by atoms with van der Waals surface area (Å²) in [5.74, 6) is 6.70. The number of halogens is 2. The van der Waals surface area contributed by atoms with Gasteiger partial charge in [0.1, 0.15) is 5.76 Å². The molecule has 1 aromatic rings. The van der Waals surface area contributed by atoms with E-state index in [1.165, 1.54) is 0 Å². The molecule has 0 aromatic heterocycles. The second kappa shape index (κ2) is 5.30. The van der Waals surface area contributed by atoms with Crippen molar-refractivity contribution in [3.63, 3.8) is 0 Å². The van der Waals surface area contributed by atoms with Gasteiger partial charge in [0.25, 0.3) is 0 Å². The summed E-state index contributed by atoms with van der Waals surface area (Å²) >= 11 is 12.3. The van der Waals surface area contributed by atoms with Crippen LogP contribution >= 0.6 is 23.2 Å². The summed E-state index contributed by atoms with van der Waals surface area (Å²) < 4.78 is 0. The first kappa shape index (κ1) is 12.7. The molecule has 2 nitrogen and oxygen atoms in total. The Morgan fingerprint density at radius 3 is 2.41 bits per heavy atom. The number of nitrogens with two attached hydrogens (primary N) is 1. The Hall–Kier alpha value is -0.700. The van der Waals surface area contributed by atoms with Gasteiger partial charge in [-0.15, -0.1) is 0 Å². The Kier molecular flexibility index (Phi) is 3.97. The number of rotatable bonds is 4. The lowest BCUT2D eigenvalue weighted by molar-refractivity contribution is 0.199. The van der Waals surface area contributed by atoms with Gasteiger partial charge in [-0.05, 0) is 49.5 Å². The molecule has 0 heterocycles. The van der Waals surface area contributed by atoms with Crippen LogP contribution in [0.4, 0.5) is 0 Å². The molecule has 4 heteroatoms. The molecule has 0 atom stereocenters. The highest BCUT2D eigenvalue weighted by Gasteiger charge is 2.29. The predicted molar refractivity (Wildman–Crippen MR) is 70.9 cm³/mol. The van der Waals surface area contributed by atoms with E-state index in [4.69, 9.17) is 33.9 Å². The van der Waals surface area contributed by atoms with Crippen LogP contribution in [0.5, 0.6) is 0 Å². The van der Waals surface area contributed by atoms with Crippen LogP contribution in [0.25, 0.3) is 0 Å². The lowest BCUT2D eigenvalue weighted by Crippen LogP contribution is -2.05. The molecular weight excluding hydrogens is 257 g/mol. The standard InChI is InChI=1S/C13H15Cl2NO/c1-8(13(17-16)9-5-6-9)7-10-11(14)3-2-4-12(10)15/h2-4,9H,5-7,16H2,1H3/b13-8-. The largest absolute Gasteiger partial charge is 0.416 e. The van der Waals surface area contributed by atoms with E-state index in [0.717, 1.165) is 29.7 Å². The van der Waals surface area contributed by atoms with Gasteiger partial charge in [-0.1, -0.05) is 29.3 Å². The molecule has 1 aromatic carbocycles. The van der Waals surface area contributed by atoms with Gasteiger partial charge in [-0.25, -0.2) is 0 Å². The molecule has 1 aliphatic carbocycles. The van der Waals surface area contributed by atoms with Gasteiger partial charge < -0.3 is 4.84 Å². The maximum Gasteiger partial charge on any atom is 0.126 e. The SMILES string of the molecule is C/C(Cc1c(Cl)cccc1Cl)=C(/ON)C1CC1. The second-order valence-corrected chi connectivity index (χ2v) is 5.23. The first-order valence-corrected chi connectivity index (χ1v) is 6.38. The van der Waals surface area contributed by atoms with Crippen molar-refractivity contribution in [3.05, 3.63) is 45.1 Å². The first-order valence-electron chi connectivity index (χ1n) is 5.62. The predicted octanol–water partition coefficient (Wildman–Crippen LogP) is 4.11. The molecule has 92 valence electrons. The van der Waals surface area contributed by atoms with Gasteiger partial charge in [0, 0.05) is 16.0 Å². The van der Waals surface area contributed by atoms with E-state index >= 15 is 0 Å². The van der Waals surface area contributed by atoms with Crippen LogP contribution in [0.2, 0.25) is 10.0 Å². The summed E-state index contributed by atoms with van der Waals surface area (Å²) in [6.07, 6.45) is 2.99. The molecule has 1 fully saturated rings. The maximum atomic E-state index is 6.14. The summed E-state index contributed by atoms with van der Waals surface area (Å²) in [6, 6.07) is 5.53. The monoisotopic (exact) mass is 271 g/mol. The highest BCUT2D eigenvalue weighted by atomic mass is 35.5. The summed E-state index contributed by atoms with van der Waals surface area (Å²) in [7, 11) is 0. The lowest BCUT2D eigenvalue weighted by Gasteiger charge is -2.11. The van der Waals surface area contributed by atoms with Crippen molar-refractivity contribution in [2.24, 2.45) is 11.8 Å². The molecule has 17 heavy (non-hydrogen) atoms. The summed E-state index contributed by atoms with van der Waals surface area (Å²) in [6.45, 7) is 2.01. The van der Waals surface area contributed by atoms with E-state index in [2.05, 4.69) is 0 Å². The summed E-state index contributed by atoms with van der Waals surface area (Å²) in [4.78, 5) is 4.98. The molecule has 1 aliphatic rings. The highest BCUT2D eigenvalue weighted by molar-refractivity contribution is 6.36. The van der Waals surface area contributed by atoms with Crippen LogP contribution in [-0.2, 0) is 11.3 Å². The average molecular weight is 272 g/mol. The number of allylic oxidation sites excluding steroid dienone is 2. The molecule has 2 N–H and O–H groups in total. The Labute approximate surface area is 111 Å². The lowest BCUT2D eigenvalue weighted by atomic mass is 10.0. The van der Waals surface area contributed by atoms with Crippen molar-refractivity contribution < 1.29 is 4.84 Å². The van der Waals surface area contributed by atoms with Gasteiger partial charge in [-0.2, -0.15) is 5.90 Å². The zero-order chi connectivity index (χ0) is 12.4. The van der Waals surface area contributed by atoms with Gasteiger partial charge in [0.2, 0.25) is 0 Å². The minimum Gasteiger partial charge on any atom is -0.416 e. The zero-order valence-electron chi connectivity index (χ0n) is 9.67. The highest BCUT2D eigenvalue weighted by Crippen LogP contribution is 2.39. The van der Waals surface area contributed by atoms with Crippen molar-refractivity contribution in [1.29, 1.82) is 0 Å². The molecule has 0 radical (unpaired) electrons. The molecule has 1 saturated carbocycles. The van der Waals surface area contributed by atoms with Crippen LogP contribution in [-0.4, -0.2) is 0 Å². The van der Waals surface area contributed by atoms with Crippen molar-refractivity contribution >= 4 is 23.2 Å². The smallest absolute Gasteiger partial charge is 0.126 e. The summed E-state index contributed by atoms with van der Waals surface area (Å²) in [5.41, 5.74) is 2.04. The molecule has 0 aliphatic heterocycles. The molecule has 0 saturated heterocycles. The van der Waals surface area contributed by atoms with Crippen LogP contribution in [0.15, 0.2) is 29.5 Å². The van der Waals surface area contributed by atoms with Gasteiger partial charge in [0.15, 0.2) is 0 Å². The van der Waals surface area contributed by atoms with Crippen molar-refractivity contribution in [2.75, 3.05) is 0 Å². The maximum absolute atomic E-state index is 6.14. The normalized spacial score (nSPS) is 16.7. The minimum absolute atomic E-state index is 0.487. The fourth-order valence-electron chi connectivity index (χ4n) is 1.94. The fraction of sp³-hybridized carbons (Fsp3) is 0.385. The first-order chi connectivity index (χ1) is 8.13. The number of hydrogen-bond acceptors (Lipinski definition) is 2. The van der Waals surface area contributed by atoms with Crippen molar-refractivity contribution in [3.8, 4) is 0 Å². The number of hydrogen-bond donors (Lipinski definition) is 1. The van der Waals surface area contributed by atoms with Gasteiger partial charge in [-0.3, -0.25) is 0 Å². The van der Waals surface area contributed by atoms with E-state index in [9.17, 15) is 0 Å². The molecule has 0 spiro atoms. The molecular formula is C13H15Cl2NO.